The minimum absolute atomic E-state index is 0.0948. The Morgan fingerprint density at radius 3 is 2.41 bits per heavy atom. The van der Waals surface area contributed by atoms with E-state index < -0.39 is 0 Å². The molecule has 3 aromatic rings. The molecule has 0 radical (unpaired) electrons. The molecule has 0 atom stereocenters. The second-order valence-corrected chi connectivity index (χ2v) is 11.6. The van der Waals surface area contributed by atoms with Gasteiger partial charge in [0, 0.05) is 34.3 Å². The topological polar surface area (TPSA) is 37.6 Å². The van der Waals surface area contributed by atoms with Crippen molar-refractivity contribution in [2.75, 3.05) is 0 Å². The second-order valence-electron chi connectivity index (χ2n) is 10.6. The Bertz CT molecular complexity index is 1350. The highest BCUT2D eigenvalue weighted by molar-refractivity contribution is 8.18. The molecule has 2 saturated carbocycles. The fourth-order valence-electron chi connectivity index (χ4n) is 6.08. The molecular formula is C31H34FN3OS. The standard InChI is InChI=1S/C31H34FN3OS/c32-27-17-9-7-11-22(27)20-34-21-23(26-16-8-10-18-28(26)34)19-29-30(36)35(25-14-5-2-6-15-25)31(37-29)33-24-12-3-1-4-13-24/h7-11,16-19,21,24-25H,1-6,12-15,20H2. The number of thioether (sulfide) groups is 1. The summed E-state index contributed by atoms with van der Waals surface area (Å²) in [6.07, 6.45) is 15.8. The molecule has 1 saturated heterocycles. The van der Waals surface area contributed by atoms with Crippen LogP contribution in [0, 0.1) is 5.82 Å². The monoisotopic (exact) mass is 515 g/mol. The van der Waals surface area contributed by atoms with Crippen LogP contribution < -0.4 is 0 Å². The summed E-state index contributed by atoms with van der Waals surface area (Å²) in [5.74, 6) is -0.106. The summed E-state index contributed by atoms with van der Waals surface area (Å²) in [5.41, 5.74) is 2.68. The lowest BCUT2D eigenvalue weighted by Gasteiger charge is -2.31. The van der Waals surface area contributed by atoms with Crippen molar-refractivity contribution in [2.24, 2.45) is 4.99 Å². The van der Waals surface area contributed by atoms with E-state index in [0.29, 0.717) is 18.2 Å². The molecule has 6 heteroatoms. The van der Waals surface area contributed by atoms with Crippen molar-refractivity contribution in [2.45, 2.75) is 82.8 Å². The number of fused-ring (bicyclic) bond motifs is 1. The molecule has 6 rings (SSSR count). The van der Waals surface area contributed by atoms with Crippen LogP contribution in [-0.4, -0.2) is 32.6 Å². The molecule has 1 amide bonds. The van der Waals surface area contributed by atoms with Gasteiger partial charge in [-0.15, -0.1) is 0 Å². The first-order chi connectivity index (χ1) is 18.2. The molecule has 0 N–H and O–H groups in total. The van der Waals surface area contributed by atoms with Gasteiger partial charge in [-0.3, -0.25) is 14.7 Å². The average molecular weight is 516 g/mol. The fourth-order valence-corrected chi connectivity index (χ4v) is 7.18. The van der Waals surface area contributed by atoms with Crippen LogP contribution >= 0.6 is 11.8 Å². The van der Waals surface area contributed by atoms with Gasteiger partial charge in [0.05, 0.1) is 17.5 Å². The highest BCUT2D eigenvalue weighted by Crippen LogP contribution is 2.39. The predicted molar refractivity (Wildman–Crippen MR) is 151 cm³/mol. The molecule has 1 aromatic heterocycles. The van der Waals surface area contributed by atoms with Crippen LogP contribution in [0.25, 0.3) is 17.0 Å². The Kier molecular flexibility index (Phi) is 7.18. The zero-order valence-corrected chi connectivity index (χ0v) is 22.1. The van der Waals surface area contributed by atoms with E-state index >= 15 is 0 Å². The van der Waals surface area contributed by atoms with Crippen LogP contribution in [0.4, 0.5) is 4.39 Å². The number of aromatic nitrogens is 1. The molecule has 0 spiro atoms. The van der Waals surface area contributed by atoms with Crippen molar-refractivity contribution in [3.05, 3.63) is 76.6 Å². The smallest absolute Gasteiger partial charge is 0.267 e. The third-order valence-corrected chi connectivity index (χ3v) is 9.05. The maximum absolute atomic E-state index is 14.4. The highest BCUT2D eigenvalue weighted by Gasteiger charge is 2.39. The molecule has 2 aliphatic carbocycles. The summed E-state index contributed by atoms with van der Waals surface area (Å²) in [6.45, 7) is 0.444. The van der Waals surface area contributed by atoms with Gasteiger partial charge in [0.25, 0.3) is 5.91 Å². The third-order valence-electron chi connectivity index (χ3n) is 8.05. The Morgan fingerprint density at radius 1 is 0.919 bits per heavy atom. The molecule has 0 bridgehead atoms. The number of rotatable bonds is 5. The maximum atomic E-state index is 14.4. The predicted octanol–water partition coefficient (Wildman–Crippen LogP) is 7.77. The quantitative estimate of drug-likeness (QED) is 0.326. The Morgan fingerprint density at radius 2 is 1.62 bits per heavy atom. The van der Waals surface area contributed by atoms with E-state index in [9.17, 15) is 9.18 Å². The number of carbonyl (C=O) groups is 1. The van der Waals surface area contributed by atoms with Crippen LogP contribution in [0.15, 0.2) is 64.6 Å². The number of aliphatic imine (C=N–C) groups is 1. The van der Waals surface area contributed by atoms with Gasteiger partial charge in [0.2, 0.25) is 0 Å². The van der Waals surface area contributed by atoms with Gasteiger partial charge in [-0.25, -0.2) is 4.39 Å². The van der Waals surface area contributed by atoms with Gasteiger partial charge >= 0.3 is 0 Å². The number of carbonyl (C=O) groups excluding carboxylic acids is 1. The van der Waals surface area contributed by atoms with Crippen LogP contribution in [0.2, 0.25) is 0 Å². The largest absolute Gasteiger partial charge is 0.342 e. The van der Waals surface area contributed by atoms with Crippen molar-refractivity contribution in [3.8, 4) is 0 Å². The van der Waals surface area contributed by atoms with Gasteiger partial charge in [-0.2, -0.15) is 0 Å². The van der Waals surface area contributed by atoms with E-state index in [-0.39, 0.29) is 17.8 Å². The molecule has 0 unspecified atom stereocenters. The lowest BCUT2D eigenvalue weighted by atomic mass is 9.94. The Labute approximate surface area is 222 Å². The zero-order chi connectivity index (χ0) is 25.2. The number of amidine groups is 1. The molecule has 2 heterocycles. The first-order valence-corrected chi connectivity index (χ1v) is 14.6. The summed E-state index contributed by atoms with van der Waals surface area (Å²) in [4.78, 5) is 21.8. The molecule has 4 nitrogen and oxygen atoms in total. The van der Waals surface area contributed by atoms with Crippen molar-refractivity contribution < 1.29 is 9.18 Å². The minimum Gasteiger partial charge on any atom is -0.342 e. The van der Waals surface area contributed by atoms with Crippen molar-refractivity contribution in [3.63, 3.8) is 0 Å². The lowest BCUT2D eigenvalue weighted by Crippen LogP contribution is -2.41. The molecule has 1 aliphatic heterocycles. The molecular weight excluding hydrogens is 481 g/mol. The van der Waals surface area contributed by atoms with Gasteiger partial charge < -0.3 is 4.57 Å². The molecule has 37 heavy (non-hydrogen) atoms. The molecule has 2 aromatic carbocycles. The van der Waals surface area contributed by atoms with Gasteiger partial charge in [-0.05, 0) is 55.7 Å². The number of amides is 1. The van der Waals surface area contributed by atoms with E-state index in [1.165, 1.54) is 44.6 Å². The number of hydrogen-bond donors (Lipinski definition) is 0. The van der Waals surface area contributed by atoms with Gasteiger partial charge in [0.1, 0.15) is 5.82 Å². The van der Waals surface area contributed by atoms with Crippen LogP contribution in [0.1, 0.15) is 75.3 Å². The first kappa shape index (κ1) is 24.5. The van der Waals surface area contributed by atoms with E-state index in [1.54, 1.807) is 17.8 Å². The van der Waals surface area contributed by atoms with E-state index in [2.05, 4.69) is 22.9 Å². The van der Waals surface area contributed by atoms with E-state index in [4.69, 9.17) is 4.99 Å². The Balaban J connectivity index is 1.36. The number of benzene rings is 2. The minimum atomic E-state index is -0.201. The lowest BCUT2D eigenvalue weighted by molar-refractivity contribution is -0.124. The highest BCUT2D eigenvalue weighted by atomic mass is 32.2. The van der Waals surface area contributed by atoms with Crippen LogP contribution in [0.5, 0.6) is 0 Å². The van der Waals surface area contributed by atoms with Crippen molar-refractivity contribution in [1.29, 1.82) is 0 Å². The Hall–Kier alpha value is -2.86. The summed E-state index contributed by atoms with van der Waals surface area (Å²) in [5, 5.41) is 1.98. The maximum Gasteiger partial charge on any atom is 0.267 e. The summed E-state index contributed by atoms with van der Waals surface area (Å²) >= 11 is 1.55. The van der Waals surface area contributed by atoms with Crippen molar-refractivity contribution >= 4 is 39.8 Å². The van der Waals surface area contributed by atoms with Crippen molar-refractivity contribution in [1.82, 2.24) is 9.47 Å². The summed E-state index contributed by atoms with van der Waals surface area (Å²) in [7, 11) is 0. The second kappa shape index (κ2) is 10.9. The zero-order valence-electron chi connectivity index (χ0n) is 21.2. The normalized spacial score (nSPS) is 22.1. The molecule has 3 aliphatic rings. The number of hydrogen-bond acceptors (Lipinski definition) is 3. The first-order valence-electron chi connectivity index (χ1n) is 13.8. The summed E-state index contributed by atoms with van der Waals surface area (Å²) in [6, 6.07) is 15.7. The third kappa shape index (κ3) is 5.13. The fraction of sp³-hybridized carbons (Fsp3) is 0.419. The SMILES string of the molecule is O=C1C(=Cc2cn(Cc3ccccc3F)c3ccccc23)SC(=NC2CCCCC2)N1C1CCCCC1. The van der Waals surface area contributed by atoms with E-state index in [0.717, 1.165) is 52.2 Å². The van der Waals surface area contributed by atoms with Gasteiger partial charge in [-0.1, -0.05) is 74.9 Å². The van der Waals surface area contributed by atoms with Crippen LogP contribution in [-0.2, 0) is 11.3 Å². The number of para-hydroxylation sites is 1. The van der Waals surface area contributed by atoms with Gasteiger partial charge in [0.15, 0.2) is 5.17 Å². The van der Waals surface area contributed by atoms with Crippen LogP contribution in [0.3, 0.4) is 0 Å². The molecule has 3 fully saturated rings. The molecule has 192 valence electrons. The van der Waals surface area contributed by atoms with E-state index in [1.807, 2.05) is 35.2 Å². The number of nitrogens with zero attached hydrogens (tertiary/aromatic N) is 3. The average Bonchev–Trinajstić information content (AvgIpc) is 3.43. The summed E-state index contributed by atoms with van der Waals surface area (Å²) < 4.78 is 16.5. The number of halogens is 1.